The number of hydrogen-bond acceptors (Lipinski definition) is 2. The predicted molar refractivity (Wildman–Crippen MR) is 98.9 cm³/mol. The Balaban J connectivity index is 0.000000190. The summed E-state index contributed by atoms with van der Waals surface area (Å²) in [5.41, 5.74) is 3.17. The van der Waals surface area contributed by atoms with E-state index >= 15 is 0 Å². The number of nitrogens with one attached hydrogen (secondary N) is 1. The van der Waals surface area contributed by atoms with Crippen LogP contribution in [0.15, 0.2) is 6.20 Å². The van der Waals surface area contributed by atoms with Gasteiger partial charge in [0.25, 0.3) is 0 Å². The molecule has 2 aliphatic carbocycles. The minimum absolute atomic E-state index is 0.373. The highest BCUT2D eigenvalue weighted by atomic mass is 16.5. The molecule has 3 aliphatic rings. The van der Waals surface area contributed by atoms with Gasteiger partial charge >= 0.3 is 0 Å². The second-order valence-electron chi connectivity index (χ2n) is 6.28. The summed E-state index contributed by atoms with van der Waals surface area (Å²) < 4.78 is 5.83. The number of ether oxygens (including phenoxy) is 1. The van der Waals surface area contributed by atoms with Crippen molar-refractivity contribution < 1.29 is 4.74 Å². The molecule has 1 aromatic rings. The van der Waals surface area contributed by atoms with Crippen molar-refractivity contribution >= 4 is 0 Å². The Morgan fingerprint density at radius 2 is 1.48 bits per heavy atom. The first-order chi connectivity index (χ1) is 11.4. The van der Waals surface area contributed by atoms with Crippen LogP contribution in [0.3, 0.4) is 0 Å². The monoisotopic (exact) mass is 322 g/mol. The number of nitrogens with zero attached hydrogens (tertiary/aromatic N) is 1. The van der Waals surface area contributed by atoms with Gasteiger partial charge in [0.1, 0.15) is 0 Å². The van der Waals surface area contributed by atoms with Crippen molar-refractivity contribution in [3.05, 3.63) is 17.5 Å². The Morgan fingerprint density at radius 1 is 0.870 bits per heavy atom. The molecule has 1 spiro atoms. The maximum absolute atomic E-state index is 5.83. The minimum Gasteiger partial charge on any atom is -0.375 e. The molecule has 0 amide bonds. The quantitative estimate of drug-likeness (QED) is 0.651. The van der Waals surface area contributed by atoms with Gasteiger partial charge < -0.3 is 4.74 Å². The van der Waals surface area contributed by atoms with Crippen LogP contribution >= 0.6 is 0 Å². The standard InChI is InChI=1S/C9H16O.C7H10N2.2C2H6/c1-2-6-9(5-1)7-3-4-8-10-9;1-2-4-7-6(3-1)5-8-9-7;2*1-2/h1-8H2;5H,1-4H2,(H,8,9);2*1-2H3. The number of aromatic amines is 1. The van der Waals surface area contributed by atoms with E-state index in [0.29, 0.717) is 5.60 Å². The molecule has 1 aromatic heterocycles. The molecule has 1 saturated carbocycles. The molecule has 1 saturated heterocycles. The van der Waals surface area contributed by atoms with Crippen LogP contribution in [0, 0.1) is 0 Å². The molecule has 1 N–H and O–H groups in total. The van der Waals surface area contributed by atoms with E-state index in [4.69, 9.17) is 4.74 Å². The lowest BCUT2D eigenvalue weighted by Gasteiger charge is -2.33. The summed E-state index contributed by atoms with van der Waals surface area (Å²) in [5.74, 6) is 0. The molecule has 0 unspecified atom stereocenters. The highest BCUT2D eigenvalue weighted by molar-refractivity contribution is 5.18. The van der Waals surface area contributed by atoms with Gasteiger partial charge in [0.2, 0.25) is 0 Å². The van der Waals surface area contributed by atoms with E-state index in [1.165, 1.54) is 81.9 Å². The summed E-state index contributed by atoms with van der Waals surface area (Å²) in [6.07, 6.45) is 16.6. The van der Waals surface area contributed by atoms with Crippen LogP contribution in [0.4, 0.5) is 0 Å². The van der Waals surface area contributed by atoms with Crippen LogP contribution in [-0.4, -0.2) is 22.4 Å². The predicted octanol–water partition coefficient (Wildman–Crippen LogP) is 5.84. The summed E-state index contributed by atoms with van der Waals surface area (Å²) in [7, 11) is 0. The van der Waals surface area contributed by atoms with E-state index in [1.54, 1.807) is 0 Å². The molecule has 0 bridgehead atoms. The zero-order valence-electron chi connectivity index (χ0n) is 15.9. The SMILES string of the molecule is C1CCC2(CCCC2)OC1.CC.CC.c1n[nH]c2c1CCCC2. The molecule has 0 radical (unpaired) electrons. The Morgan fingerprint density at radius 3 is 2.09 bits per heavy atom. The Bertz CT molecular complexity index is 366. The smallest absolute Gasteiger partial charge is 0.0682 e. The topological polar surface area (TPSA) is 37.9 Å². The van der Waals surface area contributed by atoms with Gasteiger partial charge in [0, 0.05) is 12.3 Å². The number of H-pyrrole nitrogens is 1. The van der Waals surface area contributed by atoms with Gasteiger partial charge in [-0.1, -0.05) is 40.5 Å². The molecule has 4 rings (SSSR count). The van der Waals surface area contributed by atoms with Crippen molar-refractivity contribution in [2.24, 2.45) is 0 Å². The van der Waals surface area contributed by atoms with E-state index in [9.17, 15) is 0 Å². The van der Waals surface area contributed by atoms with Crippen LogP contribution < -0.4 is 0 Å². The third-order valence-corrected chi connectivity index (χ3v) is 4.88. The number of fused-ring (bicyclic) bond motifs is 1. The zero-order valence-corrected chi connectivity index (χ0v) is 15.9. The molecular formula is C20H38N2O. The van der Waals surface area contributed by atoms with Gasteiger partial charge in [-0.05, 0) is 63.4 Å². The number of rotatable bonds is 0. The highest BCUT2D eigenvalue weighted by Gasteiger charge is 2.35. The lowest BCUT2D eigenvalue weighted by Crippen LogP contribution is -2.32. The van der Waals surface area contributed by atoms with Gasteiger partial charge in [-0.15, -0.1) is 0 Å². The van der Waals surface area contributed by atoms with E-state index in [0.717, 1.165) is 6.61 Å². The van der Waals surface area contributed by atoms with Crippen LogP contribution in [0.5, 0.6) is 0 Å². The Labute approximate surface area is 143 Å². The lowest BCUT2D eigenvalue weighted by molar-refractivity contribution is -0.0728. The van der Waals surface area contributed by atoms with Gasteiger partial charge in [0.15, 0.2) is 0 Å². The summed E-state index contributed by atoms with van der Waals surface area (Å²) >= 11 is 0. The summed E-state index contributed by atoms with van der Waals surface area (Å²) in [6.45, 7) is 9.03. The molecule has 3 heteroatoms. The molecule has 23 heavy (non-hydrogen) atoms. The number of aryl methyl sites for hydroxylation is 2. The normalized spacial score (nSPS) is 20.9. The third-order valence-electron chi connectivity index (χ3n) is 4.88. The fourth-order valence-corrected chi connectivity index (χ4v) is 3.71. The van der Waals surface area contributed by atoms with Crippen molar-refractivity contribution in [1.29, 1.82) is 0 Å². The highest BCUT2D eigenvalue weighted by Crippen LogP contribution is 2.39. The molecule has 2 heterocycles. The molecule has 2 fully saturated rings. The van der Waals surface area contributed by atoms with Crippen molar-refractivity contribution in [1.82, 2.24) is 10.2 Å². The van der Waals surface area contributed by atoms with Crippen molar-refractivity contribution in [3.63, 3.8) is 0 Å². The molecule has 1 aliphatic heterocycles. The first kappa shape index (κ1) is 20.2. The van der Waals surface area contributed by atoms with E-state index in [1.807, 2.05) is 33.9 Å². The van der Waals surface area contributed by atoms with Crippen LogP contribution in [-0.2, 0) is 17.6 Å². The minimum atomic E-state index is 0.373. The van der Waals surface area contributed by atoms with Gasteiger partial charge in [-0.2, -0.15) is 5.10 Å². The largest absolute Gasteiger partial charge is 0.375 e. The van der Waals surface area contributed by atoms with Crippen molar-refractivity contribution in [3.8, 4) is 0 Å². The summed E-state index contributed by atoms with van der Waals surface area (Å²) in [4.78, 5) is 0. The summed E-state index contributed by atoms with van der Waals surface area (Å²) in [5, 5.41) is 6.99. The van der Waals surface area contributed by atoms with Gasteiger partial charge in [0.05, 0.1) is 11.8 Å². The third kappa shape index (κ3) is 6.29. The van der Waals surface area contributed by atoms with Gasteiger partial charge in [-0.25, -0.2) is 0 Å². The second-order valence-corrected chi connectivity index (χ2v) is 6.28. The molecule has 0 aromatic carbocycles. The maximum atomic E-state index is 5.83. The average Bonchev–Trinajstić information content (AvgIpc) is 3.29. The Kier molecular flexibility index (Phi) is 10.3. The molecule has 0 atom stereocenters. The maximum Gasteiger partial charge on any atom is 0.0682 e. The van der Waals surface area contributed by atoms with E-state index in [-0.39, 0.29) is 0 Å². The molecule has 134 valence electrons. The average molecular weight is 323 g/mol. The van der Waals surface area contributed by atoms with Crippen LogP contribution in [0.2, 0.25) is 0 Å². The van der Waals surface area contributed by atoms with Crippen molar-refractivity contribution in [2.75, 3.05) is 6.61 Å². The fourth-order valence-electron chi connectivity index (χ4n) is 3.71. The fraction of sp³-hybridized carbons (Fsp3) is 0.850. The first-order valence-corrected chi connectivity index (χ1v) is 10.0. The van der Waals surface area contributed by atoms with Crippen LogP contribution in [0.25, 0.3) is 0 Å². The van der Waals surface area contributed by atoms with Crippen LogP contribution in [0.1, 0.15) is 96.7 Å². The van der Waals surface area contributed by atoms with Crippen molar-refractivity contribution in [2.45, 2.75) is 104 Å². The van der Waals surface area contributed by atoms with Gasteiger partial charge in [-0.3, -0.25) is 5.10 Å². The Hall–Kier alpha value is -0.830. The number of hydrogen-bond donors (Lipinski definition) is 1. The summed E-state index contributed by atoms with van der Waals surface area (Å²) in [6, 6.07) is 0. The second kappa shape index (κ2) is 11.7. The number of aromatic nitrogens is 2. The molecular weight excluding hydrogens is 284 g/mol. The van der Waals surface area contributed by atoms with E-state index in [2.05, 4.69) is 10.2 Å². The van der Waals surface area contributed by atoms with E-state index < -0.39 is 0 Å². The first-order valence-electron chi connectivity index (χ1n) is 10.0. The zero-order chi connectivity index (χ0) is 17.0. The lowest BCUT2D eigenvalue weighted by atomic mass is 9.92. The molecule has 3 nitrogen and oxygen atoms in total.